The van der Waals surface area contributed by atoms with E-state index in [4.69, 9.17) is 0 Å². The fraction of sp³-hybridized carbons (Fsp3) is 0.400. The van der Waals surface area contributed by atoms with Gasteiger partial charge in [0.05, 0.1) is 0 Å². The Kier molecular flexibility index (Phi) is 4.11. The van der Waals surface area contributed by atoms with Crippen LogP contribution in [0.1, 0.15) is 35.6 Å². The van der Waals surface area contributed by atoms with Gasteiger partial charge in [-0.2, -0.15) is 0 Å². The zero-order valence-corrected chi connectivity index (χ0v) is 16.2. The molecule has 1 unspecified atom stereocenters. The summed E-state index contributed by atoms with van der Waals surface area (Å²) in [6.07, 6.45) is 9.84. The SMILES string of the molecule is CN(C)/C=C/C(=O)C1Cc2cc3cnc(C4CC4)cc3c(I)c2C1. The Morgan fingerprint density at radius 3 is 2.79 bits per heavy atom. The molecule has 2 aromatic rings. The van der Waals surface area contributed by atoms with E-state index in [1.54, 1.807) is 6.08 Å². The highest BCUT2D eigenvalue weighted by Gasteiger charge is 2.30. The summed E-state index contributed by atoms with van der Waals surface area (Å²) in [5.74, 6) is 0.984. The first-order valence-electron chi connectivity index (χ1n) is 8.51. The first kappa shape index (κ1) is 16.1. The standard InChI is InChI=1S/C20H21IN2O/c1-23(2)6-5-19(24)14-7-13-8-15-11-22-18(12-3-4-12)10-17(15)20(21)16(13)9-14/h5-6,8,10-12,14H,3-4,7,9H2,1-2H3/b6-5+. The third-order valence-corrected chi connectivity index (χ3v) is 6.26. The van der Waals surface area contributed by atoms with Crippen molar-refractivity contribution in [3.63, 3.8) is 0 Å². The largest absolute Gasteiger partial charge is 0.383 e. The maximum atomic E-state index is 12.4. The number of ketones is 1. The van der Waals surface area contributed by atoms with Crippen molar-refractivity contribution in [2.75, 3.05) is 14.1 Å². The molecule has 1 saturated carbocycles. The Labute approximate surface area is 156 Å². The molecule has 0 saturated heterocycles. The summed E-state index contributed by atoms with van der Waals surface area (Å²) in [5, 5.41) is 2.52. The molecule has 3 nitrogen and oxygen atoms in total. The van der Waals surface area contributed by atoms with Crippen LogP contribution in [0.25, 0.3) is 10.8 Å². The summed E-state index contributed by atoms with van der Waals surface area (Å²) in [7, 11) is 3.88. The number of hydrogen-bond acceptors (Lipinski definition) is 3. The summed E-state index contributed by atoms with van der Waals surface area (Å²) < 4.78 is 1.32. The lowest BCUT2D eigenvalue weighted by Gasteiger charge is -2.09. The third-order valence-electron chi connectivity index (χ3n) is 5.03. The minimum absolute atomic E-state index is 0.0809. The summed E-state index contributed by atoms with van der Waals surface area (Å²) in [4.78, 5) is 19.0. The molecular weight excluding hydrogens is 411 g/mol. The van der Waals surface area contributed by atoms with E-state index in [0.717, 1.165) is 12.8 Å². The molecule has 4 heteroatoms. The molecule has 0 aliphatic heterocycles. The van der Waals surface area contributed by atoms with Crippen LogP contribution in [0.2, 0.25) is 0 Å². The van der Waals surface area contributed by atoms with Crippen LogP contribution in [-0.4, -0.2) is 29.8 Å². The van der Waals surface area contributed by atoms with Gasteiger partial charge in [0.2, 0.25) is 0 Å². The van der Waals surface area contributed by atoms with Gasteiger partial charge in [-0.25, -0.2) is 0 Å². The molecule has 0 bridgehead atoms. The van der Waals surface area contributed by atoms with Crippen LogP contribution < -0.4 is 0 Å². The molecule has 24 heavy (non-hydrogen) atoms. The minimum Gasteiger partial charge on any atom is -0.383 e. The Morgan fingerprint density at radius 1 is 1.29 bits per heavy atom. The van der Waals surface area contributed by atoms with E-state index < -0.39 is 0 Å². The van der Waals surface area contributed by atoms with Crippen LogP contribution in [0.4, 0.5) is 0 Å². The van der Waals surface area contributed by atoms with Crippen LogP contribution in [0.3, 0.4) is 0 Å². The van der Waals surface area contributed by atoms with Gasteiger partial charge in [0.1, 0.15) is 0 Å². The van der Waals surface area contributed by atoms with Crippen LogP contribution in [-0.2, 0) is 17.6 Å². The van der Waals surface area contributed by atoms with Crippen LogP contribution in [0.15, 0.2) is 30.6 Å². The van der Waals surface area contributed by atoms with Crippen molar-refractivity contribution < 1.29 is 4.79 Å². The smallest absolute Gasteiger partial charge is 0.160 e. The average molecular weight is 432 g/mol. The molecular formula is C20H21IN2O. The van der Waals surface area contributed by atoms with Crippen LogP contribution in [0, 0.1) is 9.49 Å². The topological polar surface area (TPSA) is 33.2 Å². The van der Waals surface area contributed by atoms with Gasteiger partial charge in [-0.15, -0.1) is 0 Å². The van der Waals surface area contributed by atoms with Gasteiger partial charge in [0, 0.05) is 53.0 Å². The number of rotatable bonds is 4. The zero-order chi connectivity index (χ0) is 16.8. The summed E-state index contributed by atoms with van der Waals surface area (Å²) in [6.45, 7) is 0. The zero-order valence-electron chi connectivity index (χ0n) is 14.1. The summed E-state index contributed by atoms with van der Waals surface area (Å²) >= 11 is 2.46. The average Bonchev–Trinajstić information content (AvgIpc) is 3.32. The lowest BCUT2D eigenvalue weighted by Crippen LogP contribution is -2.13. The van der Waals surface area contributed by atoms with Gasteiger partial charge in [0.25, 0.3) is 0 Å². The van der Waals surface area contributed by atoms with Crippen molar-refractivity contribution in [1.29, 1.82) is 0 Å². The summed E-state index contributed by atoms with van der Waals surface area (Å²) in [5.41, 5.74) is 3.93. The first-order chi connectivity index (χ1) is 11.5. The number of benzene rings is 1. The van der Waals surface area contributed by atoms with Crippen molar-refractivity contribution in [3.05, 3.63) is 51.0 Å². The molecule has 0 spiro atoms. The van der Waals surface area contributed by atoms with E-state index in [9.17, 15) is 4.79 Å². The number of pyridine rings is 1. The molecule has 2 aliphatic carbocycles. The van der Waals surface area contributed by atoms with Crippen molar-refractivity contribution >= 4 is 39.1 Å². The van der Waals surface area contributed by atoms with Crippen LogP contribution in [0.5, 0.6) is 0 Å². The van der Waals surface area contributed by atoms with Crippen molar-refractivity contribution in [3.8, 4) is 0 Å². The molecule has 1 atom stereocenters. The minimum atomic E-state index is 0.0809. The number of aromatic nitrogens is 1. The molecule has 1 aromatic heterocycles. The molecule has 1 fully saturated rings. The monoisotopic (exact) mass is 432 g/mol. The fourth-order valence-electron chi connectivity index (χ4n) is 3.51. The molecule has 1 aromatic carbocycles. The quantitative estimate of drug-likeness (QED) is 0.540. The second-order valence-corrected chi connectivity index (χ2v) is 8.30. The van der Waals surface area contributed by atoms with Crippen molar-refractivity contribution in [1.82, 2.24) is 9.88 Å². The molecule has 2 aliphatic rings. The molecule has 0 radical (unpaired) electrons. The van der Waals surface area contributed by atoms with Crippen molar-refractivity contribution in [2.24, 2.45) is 5.92 Å². The number of nitrogens with zero attached hydrogens (tertiary/aromatic N) is 2. The predicted octanol–water partition coefficient (Wildman–Crippen LogP) is 4.08. The fourth-order valence-corrected chi connectivity index (χ4v) is 4.55. The molecule has 0 N–H and O–H groups in total. The molecule has 124 valence electrons. The maximum absolute atomic E-state index is 12.4. The van der Waals surface area contributed by atoms with Gasteiger partial charge in [0.15, 0.2) is 5.78 Å². The van der Waals surface area contributed by atoms with E-state index in [1.807, 2.05) is 31.4 Å². The first-order valence-corrected chi connectivity index (χ1v) is 9.59. The van der Waals surface area contributed by atoms with E-state index in [-0.39, 0.29) is 11.7 Å². The van der Waals surface area contributed by atoms with Gasteiger partial charge < -0.3 is 4.90 Å². The van der Waals surface area contributed by atoms with Gasteiger partial charge >= 0.3 is 0 Å². The lowest BCUT2D eigenvalue weighted by molar-refractivity contribution is -0.118. The number of halogens is 1. The normalized spacial score (nSPS) is 19.9. The predicted molar refractivity (Wildman–Crippen MR) is 105 cm³/mol. The number of carbonyl (C=O) groups excluding carboxylic acids is 1. The van der Waals surface area contributed by atoms with Gasteiger partial charge in [-0.1, -0.05) is 0 Å². The summed E-state index contributed by atoms with van der Waals surface area (Å²) in [6, 6.07) is 4.52. The van der Waals surface area contributed by atoms with E-state index >= 15 is 0 Å². The number of carbonyl (C=O) groups is 1. The van der Waals surface area contributed by atoms with Gasteiger partial charge in [-0.3, -0.25) is 9.78 Å². The van der Waals surface area contributed by atoms with E-state index in [0.29, 0.717) is 5.92 Å². The number of allylic oxidation sites excluding steroid dienone is 1. The van der Waals surface area contributed by atoms with Crippen molar-refractivity contribution in [2.45, 2.75) is 31.6 Å². The molecule has 4 rings (SSSR count). The highest BCUT2D eigenvalue weighted by Crippen LogP contribution is 2.41. The van der Waals surface area contributed by atoms with E-state index in [1.165, 1.54) is 44.0 Å². The van der Waals surface area contributed by atoms with Crippen LogP contribution >= 0.6 is 22.6 Å². The Balaban J connectivity index is 1.67. The molecule has 0 amide bonds. The Morgan fingerprint density at radius 2 is 2.08 bits per heavy atom. The lowest BCUT2D eigenvalue weighted by atomic mass is 10.0. The second-order valence-electron chi connectivity index (χ2n) is 7.22. The van der Waals surface area contributed by atoms with E-state index in [2.05, 4.69) is 39.7 Å². The highest BCUT2D eigenvalue weighted by atomic mass is 127. The van der Waals surface area contributed by atoms with Gasteiger partial charge in [-0.05, 0) is 83.0 Å². The second kappa shape index (κ2) is 6.14. The number of fused-ring (bicyclic) bond motifs is 2. The third kappa shape index (κ3) is 2.96. The Hall–Kier alpha value is -1.43. The Bertz CT molecular complexity index is 852. The number of hydrogen-bond donors (Lipinski definition) is 0. The molecule has 1 heterocycles. The highest BCUT2D eigenvalue weighted by molar-refractivity contribution is 14.1. The maximum Gasteiger partial charge on any atom is 0.160 e.